The zero-order valence-electron chi connectivity index (χ0n) is 6.00. The highest BCUT2D eigenvalue weighted by Crippen LogP contribution is 2.00. The molecule has 1 atom stereocenters. The summed E-state index contributed by atoms with van der Waals surface area (Å²) in [6.45, 7) is 1.80. The Hall–Kier alpha value is 0.100. The number of thiophene rings is 1. The lowest BCUT2D eigenvalue weighted by Gasteiger charge is -1.93. The van der Waals surface area contributed by atoms with E-state index in [9.17, 15) is 0 Å². The van der Waals surface area contributed by atoms with Gasteiger partial charge in [-0.2, -0.15) is 11.3 Å². The average Bonchev–Trinajstić information content (AvgIpc) is 2.57. The molecule has 0 aliphatic carbocycles. The molecule has 2 heterocycles. The number of ether oxygens (including phenoxy) is 1. The second-order valence-electron chi connectivity index (χ2n) is 1.93. The van der Waals surface area contributed by atoms with Crippen LogP contribution in [0.3, 0.4) is 0 Å². The first-order valence-corrected chi connectivity index (χ1v) is 5.21. The fourth-order valence-electron chi connectivity index (χ4n) is 0.621. The van der Waals surface area contributed by atoms with E-state index in [1.807, 2.05) is 22.9 Å². The summed E-state index contributed by atoms with van der Waals surface area (Å²) < 4.78 is 4.96. The van der Waals surface area contributed by atoms with Crippen molar-refractivity contribution in [2.24, 2.45) is 0 Å². The second kappa shape index (κ2) is 5.71. The molecule has 1 fully saturated rings. The molecule has 11 heavy (non-hydrogen) atoms. The molecule has 0 spiro atoms. The molecule has 2 nitrogen and oxygen atoms in total. The minimum atomic E-state index is 0.109. The van der Waals surface area contributed by atoms with Crippen LogP contribution in [-0.2, 0) is 4.74 Å². The van der Waals surface area contributed by atoms with Crippen LogP contribution in [0.1, 0.15) is 0 Å². The summed E-state index contributed by atoms with van der Waals surface area (Å²) in [6, 6.07) is 4.04. The largest absolute Gasteiger partial charge is 0.352 e. The molecule has 1 aliphatic heterocycles. The lowest BCUT2D eigenvalue weighted by atomic mass is 10.7. The standard InChI is InChI=1S/C4H4S.C3H6BrNO/c1-2-4-5-3-1;4-3-5-1-2-6-3/h1-4H;3,5H,1-2H2. The van der Waals surface area contributed by atoms with Gasteiger partial charge in [-0.1, -0.05) is 12.1 Å². The Kier molecular flexibility index (Phi) is 4.77. The summed E-state index contributed by atoms with van der Waals surface area (Å²) >= 11 is 4.92. The molecule has 0 amide bonds. The van der Waals surface area contributed by atoms with Gasteiger partial charge in [-0.15, -0.1) is 0 Å². The average molecular weight is 236 g/mol. The van der Waals surface area contributed by atoms with Crippen molar-refractivity contribution < 1.29 is 4.74 Å². The van der Waals surface area contributed by atoms with Crippen molar-refractivity contribution in [1.82, 2.24) is 5.32 Å². The molecule has 0 bridgehead atoms. The van der Waals surface area contributed by atoms with Crippen molar-refractivity contribution in [3.63, 3.8) is 0 Å². The highest BCUT2D eigenvalue weighted by atomic mass is 79.9. The lowest BCUT2D eigenvalue weighted by Crippen LogP contribution is -2.14. The van der Waals surface area contributed by atoms with Gasteiger partial charge in [0.25, 0.3) is 0 Å². The lowest BCUT2D eigenvalue weighted by molar-refractivity contribution is 0.173. The van der Waals surface area contributed by atoms with E-state index in [0.29, 0.717) is 0 Å². The first-order chi connectivity index (χ1) is 5.39. The number of alkyl halides is 1. The topological polar surface area (TPSA) is 21.3 Å². The van der Waals surface area contributed by atoms with E-state index >= 15 is 0 Å². The maximum Gasteiger partial charge on any atom is 0.165 e. The molecule has 4 heteroatoms. The van der Waals surface area contributed by atoms with Gasteiger partial charge in [-0.25, -0.2) is 0 Å². The Labute approximate surface area is 78.7 Å². The third-order valence-electron chi connectivity index (χ3n) is 1.10. The maximum absolute atomic E-state index is 4.96. The van der Waals surface area contributed by atoms with Crippen LogP contribution in [0.5, 0.6) is 0 Å². The van der Waals surface area contributed by atoms with E-state index in [-0.39, 0.29) is 5.14 Å². The molecule has 1 aromatic heterocycles. The van der Waals surface area contributed by atoms with Crippen molar-refractivity contribution in [3.05, 3.63) is 22.9 Å². The van der Waals surface area contributed by atoms with Crippen LogP contribution in [0.4, 0.5) is 0 Å². The SMILES string of the molecule is BrC1NCCO1.c1ccsc1. The summed E-state index contributed by atoms with van der Waals surface area (Å²) in [7, 11) is 0. The summed E-state index contributed by atoms with van der Waals surface area (Å²) in [4.78, 5) is 0. The van der Waals surface area contributed by atoms with Crippen LogP contribution >= 0.6 is 27.3 Å². The van der Waals surface area contributed by atoms with Gasteiger partial charge in [0.2, 0.25) is 0 Å². The molecule has 1 saturated heterocycles. The Bertz CT molecular complexity index is 146. The number of halogens is 1. The molecule has 1 unspecified atom stereocenters. The third-order valence-corrected chi connectivity index (χ3v) is 2.31. The van der Waals surface area contributed by atoms with Gasteiger partial charge in [-0.3, -0.25) is 5.32 Å². The highest BCUT2D eigenvalue weighted by Gasteiger charge is 2.07. The molecular weight excluding hydrogens is 226 g/mol. The van der Waals surface area contributed by atoms with Crippen molar-refractivity contribution in [2.45, 2.75) is 5.14 Å². The van der Waals surface area contributed by atoms with Gasteiger partial charge < -0.3 is 4.74 Å². The summed E-state index contributed by atoms with van der Waals surface area (Å²) in [5.41, 5.74) is 0. The van der Waals surface area contributed by atoms with E-state index in [1.54, 1.807) is 11.3 Å². The summed E-state index contributed by atoms with van der Waals surface area (Å²) in [6.07, 6.45) is 0. The minimum absolute atomic E-state index is 0.109. The van der Waals surface area contributed by atoms with E-state index in [0.717, 1.165) is 13.2 Å². The number of hydrogen-bond donors (Lipinski definition) is 1. The molecule has 62 valence electrons. The number of nitrogens with one attached hydrogen (secondary N) is 1. The second-order valence-corrected chi connectivity index (χ2v) is 3.58. The van der Waals surface area contributed by atoms with Crippen molar-refractivity contribution in [1.29, 1.82) is 0 Å². The summed E-state index contributed by atoms with van der Waals surface area (Å²) in [5.74, 6) is 0. The van der Waals surface area contributed by atoms with E-state index in [4.69, 9.17) is 4.74 Å². The number of hydrogen-bond acceptors (Lipinski definition) is 3. The monoisotopic (exact) mass is 235 g/mol. The smallest absolute Gasteiger partial charge is 0.165 e. The minimum Gasteiger partial charge on any atom is -0.352 e. The van der Waals surface area contributed by atoms with Crippen molar-refractivity contribution in [2.75, 3.05) is 13.2 Å². The van der Waals surface area contributed by atoms with E-state index in [2.05, 4.69) is 21.2 Å². The molecule has 1 aromatic rings. The number of rotatable bonds is 0. The van der Waals surface area contributed by atoms with Crippen LogP contribution in [0.25, 0.3) is 0 Å². The van der Waals surface area contributed by atoms with Gasteiger partial charge >= 0.3 is 0 Å². The van der Waals surface area contributed by atoms with Gasteiger partial charge in [0, 0.05) is 6.54 Å². The maximum atomic E-state index is 4.96. The van der Waals surface area contributed by atoms with E-state index in [1.165, 1.54) is 0 Å². The third kappa shape index (κ3) is 4.53. The van der Waals surface area contributed by atoms with Gasteiger partial charge in [0.15, 0.2) is 5.14 Å². The predicted molar refractivity (Wildman–Crippen MR) is 51.0 cm³/mol. The van der Waals surface area contributed by atoms with Crippen LogP contribution in [0.15, 0.2) is 22.9 Å². The van der Waals surface area contributed by atoms with Crippen molar-refractivity contribution >= 4 is 27.3 Å². The first kappa shape index (κ1) is 9.19. The Morgan fingerprint density at radius 1 is 1.45 bits per heavy atom. The van der Waals surface area contributed by atoms with Crippen molar-refractivity contribution in [3.8, 4) is 0 Å². The molecule has 0 aromatic carbocycles. The zero-order chi connectivity index (χ0) is 7.94. The molecule has 1 aliphatic rings. The Morgan fingerprint density at radius 3 is 2.36 bits per heavy atom. The van der Waals surface area contributed by atoms with Crippen LogP contribution in [0, 0.1) is 0 Å². The molecule has 0 saturated carbocycles. The van der Waals surface area contributed by atoms with Crippen LogP contribution in [-0.4, -0.2) is 18.3 Å². The van der Waals surface area contributed by atoms with Gasteiger partial charge in [0.1, 0.15) is 0 Å². The Morgan fingerprint density at radius 2 is 2.18 bits per heavy atom. The molecule has 2 rings (SSSR count). The molecular formula is C7H10BrNOS. The fourth-order valence-corrected chi connectivity index (χ4v) is 1.49. The van der Waals surface area contributed by atoms with Gasteiger partial charge in [0.05, 0.1) is 6.61 Å². The predicted octanol–water partition coefficient (Wildman–Crippen LogP) is 2.03. The fraction of sp³-hybridized carbons (Fsp3) is 0.429. The van der Waals surface area contributed by atoms with Crippen LogP contribution in [0.2, 0.25) is 0 Å². The van der Waals surface area contributed by atoms with Gasteiger partial charge in [-0.05, 0) is 26.7 Å². The van der Waals surface area contributed by atoms with E-state index < -0.39 is 0 Å². The molecule has 1 N–H and O–H groups in total. The first-order valence-electron chi connectivity index (χ1n) is 3.36. The zero-order valence-corrected chi connectivity index (χ0v) is 8.40. The van der Waals surface area contributed by atoms with Crippen LogP contribution < -0.4 is 5.32 Å². The highest BCUT2D eigenvalue weighted by molar-refractivity contribution is 9.09. The summed E-state index contributed by atoms with van der Waals surface area (Å²) in [5, 5.41) is 7.21. The molecule has 0 radical (unpaired) electrons. The normalized spacial score (nSPS) is 22.5. The Balaban J connectivity index is 0.000000112. The quantitative estimate of drug-likeness (QED) is 0.549.